The normalized spacial score (nSPS) is 18.1. The standard InChI is InChI=1S/C24H28N2O2/c27-23-11-10-21-8-4-5-9-22(21)26(23)24(28)14-17-25-15-12-20(13-16-25)18-19-6-2-1-3-7-19/h1-9,20H,10-18H2. The van der Waals surface area contributed by atoms with Crippen LogP contribution >= 0.6 is 0 Å². The van der Waals surface area contributed by atoms with Crippen molar-refractivity contribution in [2.45, 2.75) is 38.5 Å². The molecule has 4 nitrogen and oxygen atoms in total. The van der Waals surface area contributed by atoms with Gasteiger partial charge >= 0.3 is 0 Å². The highest BCUT2D eigenvalue weighted by Gasteiger charge is 2.29. The third kappa shape index (κ3) is 4.33. The molecule has 0 unspecified atom stereocenters. The zero-order valence-electron chi connectivity index (χ0n) is 16.3. The van der Waals surface area contributed by atoms with Crippen molar-refractivity contribution in [2.24, 2.45) is 5.92 Å². The van der Waals surface area contributed by atoms with Crippen LogP contribution in [0.4, 0.5) is 5.69 Å². The van der Waals surface area contributed by atoms with Gasteiger partial charge in [0.25, 0.3) is 0 Å². The van der Waals surface area contributed by atoms with Crippen LogP contribution in [-0.2, 0) is 22.4 Å². The SMILES string of the molecule is O=C1CCc2ccccc2N1C(=O)CCN1CCC(Cc2ccccc2)CC1. The fourth-order valence-electron chi connectivity index (χ4n) is 4.43. The first-order chi connectivity index (χ1) is 13.7. The number of imide groups is 1. The smallest absolute Gasteiger partial charge is 0.235 e. The number of benzene rings is 2. The van der Waals surface area contributed by atoms with Crippen LogP contribution in [0.3, 0.4) is 0 Å². The summed E-state index contributed by atoms with van der Waals surface area (Å²) in [6.45, 7) is 2.81. The maximum Gasteiger partial charge on any atom is 0.235 e. The first kappa shape index (κ1) is 18.9. The topological polar surface area (TPSA) is 40.6 Å². The van der Waals surface area contributed by atoms with E-state index in [0.717, 1.165) is 49.6 Å². The number of nitrogens with zero attached hydrogens (tertiary/aromatic N) is 2. The predicted octanol–water partition coefficient (Wildman–Crippen LogP) is 3.84. The Morgan fingerprint density at radius 3 is 2.43 bits per heavy atom. The molecule has 0 radical (unpaired) electrons. The van der Waals surface area contributed by atoms with E-state index in [2.05, 4.69) is 35.2 Å². The number of carbonyl (C=O) groups excluding carboxylic acids is 2. The Bertz CT molecular complexity index is 826. The van der Waals surface area contributed by atoms with Crippen LogP contribution in [0.1, 0.15) is 36.8 Å². The van der Waals surface area contributed by atoms with Crippen molar-refractivity contribution in [3.63, 3.8) is 0 Å². The number of hydrogen-bond donors (Lipinski definition) is 0. The first-order valence-corrected chi connectivity index (χ1v) is 10.4. The third-order valence-corrected chi connectivity index (χ3v) is 6.06. The number of anilines is 1. The van der Waals surface area contributed by atoms with Crippen LogP contribution in [0, 0.1) is 5.92 Å². The molecule has 2 heterocycles. The number of para-hydroxylation sites is 1. The molecule has 2 aromatic carbocycles. The molecule has 0 N–H and O–H groups in total. The quantitative estimate of drug-likeness (QED) is 0.796. The van der Waals surface area contributed by atoms with Crippen molar-refractivity contribution in [1.29, 1.82) is 0 Å². The lowest BCUT2D eigenvalue weighted by atomic mass is 9.90. The van der Waals surface area contributed by atoms with Gasteiger partial charge in [-0.25, -0.2) is 0 Å². The van der Waals surface area contributed by atoms with E-state index < -0.39 is 0 Å². The van der Waals surface area contributed by atoms with E-state index in [1.165, 1.54) is 23.3 Å². The molecule has 146 valence electrons. The average Bonchev–Trinajstić information content (AvgIpc) is 2.74. The number of rotatable bonds is 5. The molecular formula is C24H28N2O2. The molecular weight excluding hydrogens is 348 g/mol. The fraction of sp³-hybridized carbons (Fsp3) is 0.417. The fourth-order valence-corrected chi connectivity index (χ4v) is 4.43. The number of aryl methyl sites for hydroxylation is 1. The summed E-state index contributed by atoms with van der Waals surface area (Å²) < 4.78 is 0. The van der Waals surface area contributed by atoms with Gasteiger partial charge in [0.1, 0.15) is 0 Å². The summed E-state index contributed by atoms with van der Waals surface area (Å²) in [6, 6.07) is 18.5. The van der Waals surface area contributed by atoms with Crippen molar-refractivity contribution >= 4 is 17.5 Å². The van der Waals surface area contributed by atoms with Gasteiger partial charge in [0, 0.05) is 19.4 Å². The largest absolute Gasteiger partial charge is 0.303 e. The van der Waals surface area contributed by atoms with E-state index in [0.29, 0.717) is 12.8 Å². The Labute approximate surface area is 167 Å². The molecule has 2 amide bonds. The summed E-state index contributed by atoms with van der Waals surface area (Å²) in [5.74, 6) is 0.596. The van der Waals surface area contributed by atoms with Crippen molar-refractivity contribution in [2.75, 3.05) is 24.5 Å². The number of amides is 2. The lowest BCUT2D eigenvalue weighted by molar-refractivity contribution is -0.127. The summed E-state index contributed by atoms with van der Waals surface area (Å²) in [4.78, 5) is 28.9. The van der Waals surface area contributed by atoms with Gasteiger partial charge in [0.05, 0.1) is 5.69 Å². The minimum Gasteiger partial charge on any atom is -0.303 e. The Kier molecular flexibility index (Phi) is 5.87. The molecule has 0 aliphatic carbocycles. The number of hydrogen-bond acceptors (Lipinski definition) is 3. The van der Waals surface area contributed by atoms with E-state index in [4.69, 9.17) is 0 Å². The molecule has 1 saturated heterocycles. The van der Waals surface area contributed by atoms with E-state index in [9.17, 15) is 9.59 Å². The molecule has 0 aromatic heterocycles. The molecule has 4 heteroatoms. The van der Waals surface area contributed by atoms with Crippen LogP contribution in [0.2, 0.25) is 0 Å². The highest BCUT2D eigenvalue weighted by molar-refractivity contribution is 6.16. The Balaban J connectivity index is 1.27. The molecule has 2 aliphatic heterocycles. The van der Waals surface area contributed by atoms with Crippen molar-refractivity contribution < 1.29 is 9.59 Å². The number of carbonyl (C=O) groups is 2. The molecule has 2 aromatic rings. The predicted molar refractivity (Wildman–Crippen MR) is 111 cm³/mol. The first-order valence-electron chi connectivity index (χ1n) is 10.4. The third-order valence-electron chi connectivity index (χ3n) is 6.06. The van der Waals surface area contributed by atoms with Crippen molar-refractivity contribution in [3.05, 3.63) is 65.7 Å². The van der Waals surface area contributed by atoms with Gasteiger partial charge in [-0.05, 0) is 61.9 Å². The molecule has 2 aliphatic rings. The molecule has 28 heavy (non-hydrogen) atoms. The van der Waals surface area contributed by atoms with Crippen LogP contribution in [0.5, 0.6) is 0 Å². The average molecular weight is 377 g/mol. The van der Waals surface area contributed by atoms with E-state index in [1.54, 1.807) is 0 Å². The van der Waals surface area contributed by atoms with Gasteiger partial charge in [-0.15, -0.1) is 0 Å². The Hall–Kier alpha value is -2.46. The van der Waals surface area contributed by atoms with Gasteiger partial charge in [0.15, 0.2) is 0 Å². The Morgan fingerprint density at radius 1 is 0.929 bits per heavy atom. The molecule has 0 atom stereocenters. The highest BCUT2D eigenvalue weighted by atomic mass is 16.2. The minimum atomic E-state index is -0.0661. The zero-order chi connectivity index (χ0) is 19.3. The maximum atomic E-state index is 12.8. The summed E-state index contributed by atoms with van der Waals surface area (Å²) in [5, 5.41) is 0. The van der Waals surface area contributed by atoms with Gasteiger partial charge in [-0.3, -0.25) is 14.5 Å². The van der Waals surface area contributed by atoms with Crippen LogP contribution in [-0.4, -0.2) is 36.3 Å². The second-order valence-electron chi connectivity index (χ2n) is 7.98. The highest BCUT2D eigenvalue weighted by Crippen LogP contribution is 2.28. The summed E-state index contributed by atoms with van der Waals surface area (Å²) >= 11 is 0. The lowest BCUT2D eigenvalue weighted by Crippen LogP contribution is -2.42. The summed E-state index contributed by atoms with van der Waals surface area (Å²) in [6.07, 6.45) is 5.06. The maximum absolute atomic E-state index is 12.8. The summed E-state index contributed by atoms with van der Waals surface area (Å²) in [5.41, 5.74) is 3.29. The van der Waals surface area contributed by atoms with Crippen LogP contribution in [0.15, 0.2) is 54.6 Å². The summed E-state index contributed by atoms with van der Waals surface area (Å²) in [7, 11) is 0. The molecule has 1 fully saturated rings. The molecule has 0 spiro atoms. The van der Waals surface area contributed by atoms with Gasteiger partial charge < -0.3 is 4.90 Å². The number of fused-ring (bicyclic) bond motifs is 1. The van der Waals surface area contributed by atoms with Crippen molar-refractivity contribution in [1.82, 2.24) is 4.90 Å². The minimum absolute atomic E-state index is 0.0646. The van der Waals surface area contributed by atoms with Gasteiger partial charge in [0.2, 0.25) is 11.8 Å². The molecule has 0 bridgehead atoms. The van der Waals surface area contributed by atoms with Gasteiger partial charge in [-0.1, -0.05) is 48.5 Å². The zero-order valence-corrected chi connectivity index (χ0v) is 16.3. The van der Waals surface area contributed by atoms with E-state index in [1.807, 2.05) is 24.3 Å². The van der Waals surface area contributed by atoms with E-state index in [-0.39, 0.29) is 11.8 Å². The monoisotopic (exact) mass is 376 g/mol. The van der Waals surface area contributed by atoms with E-state index >= 15 is 0 Å². The number of likely N-dealkylation sites (tertiary alicyclic amines) is 1. The van der Waals surface area contributed by atoms with Crippen LogP contribution in [0.25, 0.3) is 0 Å². The second kappa shape index (κ2) is 8.70. The van der Waals surface area contributed by atoms with Crippen LogP contribution < -0.4 is 4.90 Å². The second-order valence-corrected chi connectivity index (χ2v) is 7.98. The molecule has 4 rings (SSSR count). The Morgan fingerprint density at radius 2 is 1.64 bits per heavy atom. The van der Waals surface area contributed by atoms with Gasteiger partial charge in [-0.2, -0.15) is 0 Å². The number of piperidine rings is 1. The lowest BCUT2D eigenvalue weighted by Gasteiger charge is -2.33. The molecule has 0 saturated carbocycles. The van der Waals surface area contributed by atoms with Crippen molar-refractivity contribution in [3.8, 4) is 0 Å².